The summed E-state index contributed by atoms with van der Waals surface area (Å²) in [6, 6.07) is 2.17. The van der Waals surface area contributed by atoms with Gasteiger partial charge in [0.05, 0.1) is 12.4 Å². The average Bonchev–Trinajstić information content (AvgIpc) is 2.99. The van der Waals surface area contributed by atoms with Crippen LogP contribution in [0.15, 0.2) is 24.8 Å². The summed E-state index contributed by atoms with van der Waals surface area (Å²) in [5.74, 6) is 0. The maximum absolute atomic E-state index is 10.4. The van der Waals surface area contributed by atoms with Gasteiger partial charge < -0.3 is 14.2 Å². The molecule has 0 radical (unpaired) electrons. The van der Waals surface area contributed by atoms with Gasteiger partial charge in [-0.3, -0.25) is 0 Å². The number of aliphatic hydroxyl groups excluding tert-OH is 1. The van der Waals surface area contributed by atoms with Gasteiger partial charge in [-0.05, 0) is 37.7 Å². The molecule has 0 saturated heterocycles. The lowest BCUT2D eigenvalue weighted by Crippen LogP contribution is -2.27. The number of rotatable bonds is 4. The molecule has 0 bridgehead atoms. The van der Waals surface area contributed by atoms with E-state index >= 15 is 0 Å². The molecule has 3 rings (SSSR count). The van der Waals surface area contributed by atoms with Crippen molar-refractivity contribution in [1.29, 1.82) is 0 Å². The lowest BCUT2D eigenvalue weighted by atomic mass is 9.75. The van der Waals surface area contributed by atoms with Gasteiger partial charge >= 0.3 is 0 Å². The smallest absolute Gasteiger partial charge is 0.0945 e. The van der Waals surface area contributed by atoms with Gasteiger partial charge in [-0.25, -0.2) is 4.98 Å². The van der Waals surface area contributed by atoms with Crippen molar-refractivity contribution >= 4 is 0 Å². The van der Waals surface area contributed by atoms with Crippen molar-refractivity contribution in [2.24, 2.45) is 5.41 Å². The Morgan fingerprint density at radius 2 is 2.19 bits per heavy atom. The molecule has 2 aromatic heterocycles. The molecule has 0 amide bonds. The maximum Gasteiger partial charge on any atom is 0.0945 e. The summed E-state index contributed by atoms with van der Waals surface area (Å²) in [6.45, 7) is 8.63. The Balaban J connectivity index is 1.76. The fourth-order valence-corrected chi connectivity index (χ4v) is 3.54. The molecular weight excluding hydrogens is 262 g/mol. The number of imidazole rings is 1. The van der Waals surface area contributed by atoms with Gasteiger partial charge in [0.15, 0.2) is 0 Å². The Morgan fingerprint density at radius 3 is 2.90 bits per heavy atom. The predicted molar refractivity (Wildman–Crippen MR) is 83.1 cm³/mol. The van der Waals surface area contributed by atoms with Gasteiger partial charge in [0.25, 0.3) is 0 Å². The molecule has 0 saturated carbocycles. The van der Waals surface area contributed by atoms with Crippen LogP contribution in [0.5, 0.6) is 0 Å². The largest absolute Gasteiger partial charge is 0.388 e. The molecule has 1 unspecified atom stereocenters. The minimum Gasteiger partial charge on any atom is -0.388 e. The van der Waals surface area contributed by atoms with Crippen LogP contribution < -0.4 is 0 Å². The summed E-state index contributed by atoms with van der Waals surface area (Å²) in [7, 11) is 0. The highest BCUT2D eigenvalue weighted by molar-refractivity contribution is 5.33. The molecule has 2 heterocycles. The van der Waals surface area contributed by atoms with Crippen LogP contribution in [0.4, 0.5) is 0 Å². The number of aromatic nitrogens is 3. The first-order valence-electron chi connectivity index (χ1n) is 7.79. The standard InChI is InChI=1S/C17H25N3O/c1-13-9-14-15(10-17(2,3)11-16(14)21)20(13)7-4-6-19-8-5-18-12-19/h5,8-9,12,16,21H,4,6-7,10-11H2,1-3H3. The molecule has 1 N–H and O–H groups in total. The van der Waals surface area contributed by atoms with Gasteiger partial charge in [0.1, 0.15) is 0 Å². The third-order valence-electron chi connectivity index (χ3n) is 4.56. The van der Waals surface area contributed by atoms with E-state index in [1.807, 2.05) is 18.7 Å². The lowest BCUT2D eigenvalue weighted by molar-refractivity contribution is 0.0979. The van der Waals surface area contributed by atoms with Crippen molar-refractivity contribution in [2.45, 2.75) is 59.2 Å². The fraction of sp³-hybridized carbons (Fsp3) is 0.588. The van der Waals surface area contributed by atoms with Crippen LogP contribution >= 0.6 is 0 Å². The zero-order valence-corrected chi connectivity index (χ0v) is 13.2. The van der Waals surface area contributed by atoms with E-state index in [0.717, 1.165) is 37.9 Å². The minimum absolute atomic E-state index is 0.180. The number of nitrogens with zero attached hydrogens (tertiary/aromatic N) is 3. The minimum atomic E-state index is -0.308. The molecule has 0 aromatic carbocycles. The SMILES string of the molecule is Cc1cc2c(n1CCCn1ccnc1)CC(C)(C)CC2O. The van der Waals surface area contributed by atoms with E-state index in [1.54, 1.807) is 0 Å². The van der Waals surface area contributed by atoms with Gasteiger partial charge in [-0.2, -0.15) is 0 Å². The first-order valence-corrected chi connectivity index (χ1v) is 7.79. The second-order valence-electron chi connectivity index (χ2n) is 7.05. The lowest BCUT2D eigenvalue weighted by Gasteiger charge is -2.34. The van der Waals surface area contributed by atoms with Crippen molar-refractivity contribution in [1.82, 2.24) is 14.1 Å². The zero-order valence-electron chi connectivity index (χ0n) is 13.2. The molecule has 4 heteroatoms. The highest BCUT2D eigenvalue weighted by Crippen LogP contribution is 2.41. The first-order chi connectivity index (χ1) is 9.96. The zero-order chi connectivity index (χ0) is 15.0. The predicted octanol–water partition coefficient (Wildman–Crippen LogP) is 3.09. The van der Waals surface area contributed by atoms with Crippen molar-refractivity contribution in [3.05, 3.63) is 41.7 Å². The molecule has 1 aliphatic carbocycles. The molecule has 1 aliphatic rings. The highest BCUT2D eigenvalue weighted by atomic mass is 16.3. The molecular formula is C17H25N3O. The molecule has 114 valence electrons. The van der Waals surface area contributed by atoms with Crippen molar-refractivity contribution < 1.29 is 5.11 Å². The third kappa shape index (κ3) is 2.91. The maximum atomic E-state index is 10.4. The summed E-state index contributed by atoms with van der Waals surface area (Å²) in [4.78, 5) is 4.08. The Hall–Kier alpha value is -1.55. The quantitative estimate of drug-likeness (QED) is 0.939. The third-order valence-corrected chi connectivity index (χ3v) is 4.56. The van der Waals surface area contributed by atoms with Crippen molar-refractivity contribution in [2.75, 3.05) is 0 Å². The van der Waals surface area contributed by atoms with E-state index in [4.69, 9.17) is 0 Å². The Bertz CT molecular complexity index is 610. The van der Waals surface area contributed by atoms with Crippen molar-refractivity contribution in [3.8, 4) is 0 Å². The van der Waals surface area contributed by atoms with Crippen LogP contribution in [-0.4, -0.2) is 19.2 Å². The summed E-state index contributed by atoms with van der Waals surface area (Å²) >= 11 is 0. The summed E-state index contributed by atoms with van der Waals surface area (Å²) in [5.41, 5.74) is 3.93. The van der Waals surface area contributed by atoms with E-state index in [9.17, 15) is 5.11 Å². The van der Waals surface area contributed by atoms with E-state index in [1.165, 1.54) is 11.4 Å². The van der Waals surface area contributed by atoms with Gasteiger partial charge in [-0.1, -0.05) is 13.8 Å². The van der Waals surface area contributed by atoms with E-state index < -0.39 is 0 Å². The second kappa shape index (κ2) is 5.34. The van der Waals surface area contributed by atoms with Crippen LogP contribution in [-0.2, 0) is 19.5 Å². The Morgan fingerprint density at radius 1 is 1.38 bits per heavy atom. The molecule has 0 fully saturated rings. The van der Waals surface area contributed by atoms with Crippen LogP contribution in [0.25, 0.3) is 0 Å². The van der Waals surface area contributed by atoms with Crippen molar-refractivity contribution in [3.63, 3.8) is 0 Å². The van der Waals surface area contributed by atoms with Crippen LogP contribution in [0, 0.1) is 12.3 Å². The van der Waals surface area contributed by atoms with E-state index in [2.05, 4.69) is 41.0 Å². The second-order valence-corrected chi connectivity index (χ2v) is 7.05. The monoisotopic (exact) mass is 287 g/mol. The highest BCUT2D eigenvalue weighted by Gasteiger charge is 2.33. The first kappa shape index (κ1) is 14.4. The molecule has 4 nitrogen and oxygen atoms in total. The van der Waals surface area contributed by atoms with Gasteiger partial charge in [0, 0.05) is 42.4 Å². The number of aryl methyl sites for hydroxylation is 2. The molecule has 0 spiro atoms. The Kier molecular flexibility index (Phi) is 3.66. The average molecular weight is 287 g/mol. The van der Waals surface area contributed by atoms with Crippen LogP contribution in [0.2, 0.25) is 0 Å². The summed E-state index contributed by atoms with van der Waals surface area (Å²) in [6.07, 6.45) is 8.38. The number of hydrogen-bond acceptors (Lipinski definition) is 2. The molecule has 21 heavy (non-hydrogen) atoms. The molecule has 0 aliphatic heterocycles. The summed E-state index contributed by atoms with van der Waals surface area (Å²) in [5, 5.41) is 10.4. The molecule has 2 aromatic rings. The van der Waals surface area contributed by atoms with Gasteiger partial charge in [0.2, 0.25) is 0 Å². The van der Waals surface area contributed by atoms with E-state index in [0.29, 0.717) is 0 Å². The van der Waals surface area contributed by atoms with Crippen LogP contribution in [0.1, 0.15) is 49.7 Å². The molecule has 1 atom stereocenters. The fourth-order valence-electron chi connectivity index (χ4n) is 3.54. The summed E-state index contributed by atoms with van der Waals surface area (Å²) < 4.78 is 4.51. The van der Waals surface area contributed by atoms with E-state index in [-0.39, 0.29) is 11.5 Å². The topological polar surface area (TPSA) is 43.0 Å². The number of hydrogen-bond donors (Lipinski definition) is 1. The number of aliphatic hydroxyl groups is 1. The van der Waals surface area contributed by atoms with Gasteiger partial charge in [-0.15, -0.1) is 0 Å². The number of fused-ring (bicyclic) bond motifs is 1. The normalized spacial score (nSPS) is 20.5. The van der Waals surface area contributed by atoms with Crippen LogP contribution in [0.3, 0.4) is 0 Å². The Labute approximate surface area is 126 Å².